The molecule has 3 rings (SSSR count). The lowest BCUT2D eigenvalue weighted by Crippen LogP contribution is -2.10. The number of benzene rings is 2. The van der Waals surface area contributed by atoms with Crippen molar-refractivity contribution in [2.75, 3.05) is 14.2 Å². The van der Waals surface area contributed by atoms with Gasteiger partial charge in [-0.25, -0.2) is 0 Å². The maximum Gasteiger partial charge on any atom is 0.251 e. The van der Waals surface area contributed by atoms with Crippen LogP contribution in [0.4, 0.5) is 0 Å². The van der Waals surface area contributed by atoms with E-state index in [0.717, 1.165) is 11.1 Å². The molecule has 5 heteroatoms. The van der Waals surface area contributed by atoms with E-state index in [1.807, 2.05) is 24.3 Å². The molecule has 0 bridgehead atoms. The number of methoxy groups -OCH3 is 2. The maximum absolute atomic E-state index is 5.85. The molecule has 0 spiro atoms. The van der Waals surface area contributed by atoms with Crippen LogP contribution >= 0.6 is 0 Å². The highest BCUT2D eigenvalue weighted by atomic mass is 16.5. The number of hydrogen-bond acceptors (Lipinski definition) is 5. The van der Waals surface area contributed by atoms with Crippen LogP contribution in [0.1, 0.15) is 26.3 Å². The Morgan fingerprint density at radius 2 is 1.52 bits per heavy atom. The molecule has 5 nitrogen and oxygen atoms in total. The van der Waals surface area contributed by atoms with Gasteiger partial charge in [0.05, 0.1) is 19.8 Å². The fourth-order valence-corrected chi connectivity index (χ4v) is 2.54. The number of hydrogen-bond donors (Lipinski definition) is 0. The summed E-state index contributed by atoms with van der Waals surface area (Å²) in [5, 5.41) is 8.33. The molecule has 0 aliphatic heterocycles. The quantitative estimate of drug-likeness (QED) is 0.689. The minimum Gasteiger partial charge on any atom is -0.497 e. The zero-order chi connectivity index (χ0) is 18.0. The fourth-order valence-electron chi connectivity index (χ4n) is 2.54. The summed E-state index contributed by atoms with van der Waals surface area (Å²) in [4.78, 5) is 0. The summed E-state index contributed by atoms with van der Waals surface area (Å²) >= 11 is 0. The summed E-state index contributed by atoms with van der Waals surface area (Å²) in [6.45, 7) is 6.55. The van der Waals surface area contributed by atoms with Crippen LogP contribution in [0.3, 0.4) is 0 Å². The molecule has 0 saturated carbocycles. The Kier molecular flexibility index (Phi) is 4.49. The van der Waals surface area contributed by atoms with E-state index in [4.69, 9.17) is 13.9 Å². The zero-order valence-electron chi connectivity index (χ0n) is 15.2. The summed E-state index contributed by atoms with van der Waals surface area (Å²) < 4.78 is 16.5. The number of nitrogens with zero attached hydrogens (tertiary/aromatic N) is 2. The van der Waals surface area contributed by atoms with Gasteiger partial charge in [-0.15, -0.1) is 10.2 Å². The van der Waals surface area contributed by atoms with E-state index < -0.39 is 0 Å². The molecule has 3 aromatic rings. The molecular weight excluding hydrogens is 316 g/mol. The van der Waals surface area contributed by atoms with Crippen molar-refractivity contribution in [3.63, 3.8) is 0 Å². The van der Waals surface area contributed by atoms with Crippen molar-refractivity contribution >= 4 is 0 Å². The molecule has 2 aromatic carbocycles. The van der Waals surface area contributed by atoms with Crippen LogP contribution in [0.5, 0.6) is 11.5 Å². The van der Waals surface area contributed by atoms with E-state index in [1.165, 1.54) is 5.56 Å². The predicted molar refractivity (Wildman–Crippen MR) is 97.0 cm³/mol. The van der Waals surface area contributed by atoms with Gasteiger partial charge >= 0.3 is 0 Å². The molecular formula is C20H22N2O3. The van der Waals surface area contributed by atoms with E-state index in [-0.39, 0.29) is 5.41 Å². The lowest BCUT2D eigenvalue weighted by Gasteiger charge is -2.18. The molecule has 0 atom stereocenters. The molecule has 0 amide bonds. The second-order valence-corrected chi connectivity index (χ2v) is 6.81. The van der Waals surface area contributed by atoms with Crippen molar-refractivity contribution in [2.24, 2.45) is 0 Å². The Hall–Kier alpha value is -2.82. The molecule has 25 heavy (non-hydrogen) atoms. The minimum atomic E-state index is 0.106. The molecule has 1 heterocycles. The Bertz CT molecular complexity index is 861. The molecule has 0 N–H and O–H groups in total. The van der Waals surface area contributed by atoms with Gasteiger partial charge in [0.1, 0.15) is 11.5 Å². The Morgan fingerprint density at radius 1 is 0.840 bits per heavy atom. The molecule has 130 valence electrons. The first-order valence-electron chi connectivity index (χ1n) is 8.09. The van der Waals surface area contributed by atoms with Crippen molar-refractivity contribution in [3.8, 4) is 34.4 Å². The molecule has 0 aliphatic carbocycles. The molecule has 1 aromatic heterocycles. The van der Waals surface area contributed by atoms with Gasteiger partial charge in [0.15, 0.2) is 0 Å². The minimum absolute atomic E-state index is 0.106. The van der Waals surface area contributed by atoms with Crippen LogP contribution in [0, 0.1) is 0 Å². The van der Waals surface area contributed by atoms with Gasteiger partial charge in [-0.3, -0.25) is 0 Å². The van der Waals surface area contributed by atoms with Gasteiger partial charge in [0, 0.05) is 11.6 Å². The highest BCUT2D eigenvalue weighted by Gasteiger charge is 2.17. The third-order valence-electron chi connectivity index (χ3n) is 4.06. The lowest BCUT2D eigenvalue weighted by atomic mass is 9.87. The van der Waals surface area contributed by atoms with Crippen LogP contribution in [0.25, 0.3) is 22.9 Å². The van der Waals surface area contributed by atoms with Crippen LogP contribution in [-0.4, -0.2) is 24.4 Å². The summed E-state index contributed by atoms with van der Waals surface area (Å²) in [5.41, 5.74) is 2.98. The van der Waals surface area contributed by atoms with Crippen molar-refractivity contribution in [1.29, 1.82) is 0 Å². The highest BCUT2D eigenvalue weighted by Crippen LogP contribution is 2.34. The molecule has 0 unspecified atom stereocenters. The van der Waals surface area contributed by atoms with Crippen LogP contribution in [0.2, 0.25) is 0 Å². The molecule has 0 fully saturated rings. The third-order valence-corrected chi connectivity index (χ3v) is 4.06. The van der Waals surface area contributed by atoms with Gasteiger partial charge in [-0.2, -0.15) is 0 Å². The first-order valence-corrected chi connectivity index (χ1v) is 8.09. The van der Waals surface area contributed by atoms with Crippen molar-refractivity contribution in [2.45, 2.75) is 26.2 Å². The Labute approximate surface area is 147 Å². The third kappa shape index (κ3) is 3.50. The molecule has 0 saturated heterocycles. The van der Waals surface area contributed by atoms with Crippen LogP contribution in [-0.2, 0) is 5.41 Å². The van der Waals surface area contributed by atoms with Crippen molar-refractivity contribution < 1.29 is 13.9 Å². The maximum atomic E-state index is 5.85. The smallest absolute Gasteiger partial charge is 0.251 e. The fraction of sp³-hybridized carbons (Fsp3) is 0.300. The summed E-state index contributed by atoms with van der Waals surface area (Å²) in [5.74, 6) is 2.22. The summed E-state index contributed by atoms with van der Waals surface area (Å²) in [7, 11) is 3.21. The SMILES string of the molecule is COc1ccc(-c2nnc(-c3ccc(C(C)(C)C)cc3)o2)c(OC)c1. The van der Waals surface area contributed by atoms with Gasteiger partial charge in [0.2, 0.25) is 5.89 Å². The van der Waals surface area contributed by atoms with E-state index >= 15 is 0 Å². The number of rotatable bonds is 4. The van der Waals surface area contributed by atoms with E-state index in [0.29, 0.717) is 23.3 Å². The lowest BCUT2D eigenvalue weighted by molar-refractivity contribution is 0.394. The predicted octanol–water partition coefficient (Wildman–Crippen LogP) is 4.72. The zero-order valence-corrected chi connectivity index (χ0v) is 15.2. The van der Waals surface area contributed by atoms with E-state index in [2.05, 4.69) is 43.1 Å². The average molecular weight is 338 g/mol. The number of aromatic nitrogens is 2. The second-order valence-electron chi connectivity index (χ2n) is 6.81. The first-order chi connectivity index (χ1) is 11.9. The van der Waals surface area contributed by atoms with E-state index in [1.54, 1.807) is 20.3 Å². The second kappa shape index (κ2) is 6.59. The Morgan fingerprint density at radius 3 is 2.12 bits per heavy atom. The summed E-state index contributed by atoms with van der Waals surface area (Å²) in [6.07, 6.45) is 0. The normalized spacial score (nSPS) is 11.4. The van der Waals surface area contributed by atoms with Gasteiger partial charge in [0.25, 0.3) is 5.89 Å². The standard InChI is InChI=1S/C20H22N2O3/c1-20(2,3)14-8-6-13(7-9-14)18-21-22-19(25-18)16-11-10-15(23-4)12-17(16)24-5/h6-12H,1-5H3. The average Bonchev–Trinajstić information content (AvgIpc) is 3.10. The van der Waals surface area contributed by atoms with E-state index in [9.17, 15) is 0 Å². The van der Waals surface area contributed by atoms with Gasteiger partial charge in [-0.05, 0) is 35.2 Å². The first kappa shape index (κ1) is 17.0. The summed E-state index contributed by atoms with van der Waals surface area (Å²) in [6, 6.07) is 13.7. The Balaban J connectivity index is 1.93. The van der Waals surface area contributed by atoms with Crippen molar-refractivity contribution in [1.82, 2.24) is 10.2 Å². The molecule has 0 aliphatic rings. The van der Waals surface area contributed by atoms with Crippen LogP contribution < -0.4 is 9.47 Å². The van der Waals surface area contributed by atoms with Gasteiger partial charge < -0.3 is 13.9 Å². The topological polar surface area (TPSA) is 57.4 Å². The number of ether oxygens (including phenoxy) is 2. The largest absolute Gasteiger partial charge is 0.497 e. The highest BCUT2D eigenvalue weighted by molar-refractivity contribution is 5.66. The molecule has 0 radical (unpaired) electrons. The van der Waals surface area contributed by atoms with Crippen molar-refractivity contribution in [3.05, 3.63) is 48.0 Å². The van der Waals surface area contributed by atoms with Crippen LogP contribution in [0.15, 0.2) is 46.9 Å². The monoisotopic (exact) mass is 338 g/mol. The van der Waals surface area contributed by atoms with Gasteiger partial charge in [-0.1, -0.05) is 32.9 Å².